The Labute approximate surface area is 72.2 Å². The normalized spacial score (nSPS) is 43.1. The number of hydrogen-bond acceptors (Lipinski definition) is 3. The largest absolute Gasteiger partial charge is 0.175 e. The third-order valence-corrected chi connectivity index (χ3v) is 3.32. The molecule has 52 valence electrons. The maximum Gasteiger partial charge on any atom is 0.0105 e. The van der Waals surface area contributed by atoms with Gasteiger partial charge in [-0.3, -0.25) is 0 Å². The highest BCUT2D eigenvalue weighted by Gasteiger charge is 2.29. The first kappa shape index (κ1) is 7.89. The van der Waals surface area contributed by atoms with Crippen molar-refractivity contribution in [3.8, 4) is 0 Å². The van der Waals surface area contributed by atoms with Crippen molar-refractivity contribution in [2.45, 2.75) is 23.3 Å². The molecule has 0 bridgehead atoms. The molecule has 0 aliphatic heterocycles. The highest BCUT2D eigenvalue weighted by molar-refractivity contribution is 7.82. The van der Waals surface area contributed by atoms with Gasteiger partial charge in [0.1, 0.15) is 0 Å². The minimum absolute atomic E-state index is 0.451. The minimum atomic E-state index is 0.451. The fourth-order valence-corrected chi connectivity index (χ4v) is 2.80. The third-order valence-electron chi connectivity index (χ3n) is 1.80. The summed E-state index contributed by atoms with van der Waals surface area (Å²) >= 11 is 13.6. The van der Waals surface area contributed by atoms with Gasteiger partial charge < -0.3 is 0 Å². The van der Waals surface area contributed by atoms with Crippen molar-refractivity contribution >= 4 is 42.8 Å². The van der Waals surface area contributed by atoms with Crippen molar-refractivity contribution in [1.82, 2.24) is 0 Å². The molecule has 2 atom stereocenters. The predicted octanol–water partition coefficient (Wildman–Crippen LogP) is 1.99. The Morgan fingerprint density at radius 1 is 1.22 bits per heavy atom. The van der Waals surface area contributed by atoms with Crippen LogP contribution in [0.5, 0.6) is 0 Å². The highest BCUT2D eigenvalue weighted by Crippen LogP contribution is 2.32. The molecule has 2 unspecified atom stereocenters. The van der Waals surface area contributed by atoms with Crippen molar-refractivity contribution < 1.29 is 0 Å². The smallest absolute Gasteiger partial charge is 0.0105 e. The maximum atomic E-state index is 4.84. The molecule has 0 aromatic rings. The molecule has 1 saturated carbocycles. The van der Waals surface area contributed by atoms with Gasteiger partial charge in [0.2, 0.25) is 0 Å². The summed E-state index contributed by atoms with van der Waals surface area (Å²) in [5.74, 6) is 0.451. The molecule has 1 aliphatic rings. The molecule has 1 aliphatic carbocycles. The Bertz CT molecular complexity index is 103. The van der Waals surface area contributed by atoms with Gasteiger partial charge in [-0.25, -0.2) is 0 Å². The summed E-state index contributed by atoms with van der Waals surface area (Å²) in [4.78, 5) is 0. The fourth-order valence-electron chi connectivity index (χ4n) is 1.16. The average molecular weight is 178 g/mol. The van der Waals surface area contributed by atoms with Gasteiger partial charge in [0, 0.05) is 16.4 Å². The van der Waals surface area contributed by atoms with Crippen LogP contribution in [0.3, 0.4) is 0 Å². The summed E-state index contributed by atoms with van der Waals surface area (Å²) < 4.78 is 0. The van der Waals surface area contributed by atoms with Gasteiger partial charge in [-0.2, -0.15) is 25.3 Å². The lowest BCUT2D eigenvalue weighted by Gasteiger charge is -2.10. The van der Waals surface area contributed by atoms with Gasteiger partial charge in [0.15, 0.2) is 0 Å². The fraction of sp³-hybridized carbons (Fsp3) is 0.833. The van der Waals surface area contributed by atoms with Gasteiger partial charge in [0.25, 0.3) is 0 Å². The Hall–Kier alpha value is 0.790. The SMILES string of the molecule is S=CC1C(S)CCC1S. The molecule has 1 fully saturated rings. The van der Waals surface area contributed by atoms with Crippen molar-refractivity contribution in [2.75, 3.05) is 0 Å². The van der Waals surface area contributed by atoms with E-state index >= 15 is 0 Å². The van der Waals surface area contributed by atoms with Crippen LogP contribution in [0.2, 0.25) is 0 Å². The molecule has 0 spiro atoms. The molecule has 0 amide bonds. The lowest BCUT2D eigenvalue weighted by atomic mass is 10.1. The Morgan fingerprint density at radius 2 is 1.67 bits per heavy atom. The van der Waals surface area contributed by atoms with Crippen molar-refractivity contribution in [3.63, 3.8) is 0 Å². The molecule has 0 radical (unpaired) electrons. The maximum absolute atomic E-state index is 4.84. The van der Waals surface area contributed by atoms with Crippen LogP contribution in [-0.4, -0.2) is 15.9 Å². The lowest BCUT2D eigenvalue weighted by molar-refractivity contribution is 0.790. The van der Waals surface area contributed by atoms with Crippen molar-refractivity contribution in [2.24, 2.45) is 5.92 Å². The summed E-state index contributed by atoms with van der Waals surface area (Å²) in [6.45, 7) is 0. The molecule has 0 nitrogen and oxygen atoms in total. The summed E-state index contributed by atoms with van der Waals surface area (Å²) in [7, 11) is 0. The number of hydrogen-bond donors (Lipinski definition) is 2. The van der Waals surface area contributed by atoms with Gasteiger partial charge >= 0.3 is 0 Å². The van der Waals surface area contributed by atoms with Crippen LogP contribution in [0.4, 0.5) is 0 Å². The van der Waals surface area contributed by atoms with E-state index < -0.39 is 0 Å². The molecule has 0 aromatic carbocycles. The van der Waals surface area contributed by atoms with Crippen LogP contribution in [0.1, 0.15) is 12.8 Å². The van der Waals surface area contributed by atoms with E-state index in [2.05, 4.69) is 25.3 Å². The topological polar surface area (TPSA) is 0 Å². The zero-order valence-electron chi connectivity index (χ0n) is 5.03. The molecule has 0 aromatic heterocycles. The number of rotatable bonds is 1. The quantitative estimate of drug-likeness (QED) is 0.457. The summed E-state index contributed by atoms with van der Waals surface area (Å²) in [5.41, 5.74) is 0. The van der Waals surface area contributed by atoms with Crippen LogP contribution < -0.4 is 0 Å². The van der Waals surface area contributed by atoms with E-state index in [1.165, 1.54) is 0 Å². The molecule has 1 rings (SSSR count). The minimum Gasteiger partial charge on any atom is -0.175 e. The summed E-state index contributed by atoms with van der Waals surface area (Å²) in [6, 6.07) is 0. The monoisotopic (exact) mass is 178 g/mol. The first-order chi connectivity index (χ1) is 4.25. The lowest BCUT2D eigenvalue weighted by Crippen LogP contribution is -2.15. The first-order valence-electron chi connectivity index (χ1n) is 3.07. The standard InChI is InChI=1S/C6H10S3/c7-3-4-5(8)1-2-6(4)9/h3-6,8-9H,1-2H2. The number of thiocarbonyl (C=S) groups is 1. The molecule has 9 heavy (non-hydrogen) atoms. The van der Waals surface area contributed by atoms with E-state index in [-0.39, 0.29) is 0 Å². The Morgan fingerprint density at radius 3 is 1.89 bits per heavy atom. The molecular formula is C6H10S3. The van der Waals surface area contributed by atoms with E-state index in [4.69, 9.17) is 12.2 Å². The highest BCUT2D eigenvalue weighted by atomic mass is 32.1. The van der Waals surface area contributed by atoms with Gasteiger partial charge in [-0.15, -0.1) is 0 Å². The van der Waals surface area contributed by atoms with E-state index in [0.717, 1.165) is 12.8 Å². The van der Waals surface area contributed by atoms with E-state index in [1.54, 1.807) is 0 Å². The second-order valence-corrected chi connectivity index (χ2v) is 4.02. The second kappa shape index (κ2) is 3.26. The van der Waals surface area contributed by atoms with Crippen LogP contribution in [0.25, 0.3) is 0 Å². The van der Waals surface area contributed by atoms with Gasteiger partial charge in [-0.05, 0) is 18.2 Å². The zero-order valence-corrected chi connectivity index (χ0v) is 7.63. The Kier molecular flexibility index (Phi) is 2.86. The van der Waals surface area contributed by atoms with Crippen LogP contribution >= 0.6 is 37.5 Å². The van der Waals surface area contributed by atoms with Crippen molar-refractivity contribution in [3.05, 3.63) is 0 Å². The van der Waals surface area contributed by atoms with E-state index in [1.807, 2.05) is 5.37 Å². The summed E-state index contributed by atoms with van der Waals surface area (Å²) in [6.07, 6.45) is 2.32. The molecule has 0 saturated heterocycles. The average Bonchev–Trinajstić information content (AvgIpc) is 2.12. The second-order valence-electron chi connectivity index (χ2n) is 2.43. The molecule has 0 N–H and O–H groups in total. The van der Waals surface area contributed by atoms with E-state index in [0.29, 0.717) is 16.4 Å². The van der Waals surface area contributed by atoms with Crippen LogP contribution in [-0.2, 0) is 0 Å². The number of thiol groups is 2. The molecule has 0 heterocycles. The first-order valence-corrected chi connectivity index (χ1v) is 4.57. The van der Waals surface area contributed by atoms with Crippen LogP contribution in [0, 0.1) is 5.92 Å². The van der Waals surface area contributed by atoms with Crippen LogP contribution in [0.15, 0.2) is 0 Å². The van der Waals surface area contributed by atoms with E-state index in [9.17, 15) is 0 Å². The third kappa shape index (κ3) is 1.63. The van der Waals surface area contributed by atoms with Crippen molar-refractivity contribution in [1.29, 1.82) is 0 Å². The summed E-state index contributed by atoms with van der Waals surface area (Å²) in [5, 5.41) is 2.73. The molecule has 3 heteroatoms. The Balaban J connectivity index is 2.54. The van der Waals surface area contributed by atoms with Gasteiger partial charge in [-0.1, -0.05) is 12.2 Å². The predicted molar refractivity (Wildman–Crippen MR) is 51.9 cm³/mol. The zero-order chi connectivity index (χ0) is 6.85. The van der Waals surface area contributed by atoms with Gasteiger partial charge in [0.05, 0.1) is 0 Å². The molecular weight excluding hydrogens is 168 g/mol.